The summed E-state index contributed by atoms with van der Waals surface area (Å²) < 4.78 is 12.3. The van der Waals surface area contributed by atoms with Crippen LogP contribution < -0.4 is 0 Å². The highest BCUT2D eigenvalue weighted by Gasteiger charge is 2.18. The number of furan rings is 1. The van der Waals surface area contributed by atoms with Crippen LogP contribution in [0, 0.1) is 13.8 Å². The van der Waals surface area contributed by atoms with Crippen LogP contribution in [-0.4, -0.2) is 25.7 Å². The molecule has 0 aliphatic carbocycles. The van der Waals surface area contributed by atoms with Gasteiger partial charge < -0.3 is 9.15 Å². The minimum atomic E-state index is -0.624. The molecule has 0 atom stereocenters. The Morgan fingerprint density at radius 3 is 2.86 bits per heavy atom. The average molecular weight is 415 g/mol. The molecule has 4 aromatic rings. The van der Waals surface area contributed by atoms with Crippen molar-refractivity contribution in [3.63, 3.8) is 0 Å². The van der Waals surface area contributed by atoms with Crippen LogP contribution in [0.3, 0.4) is 0 Å². The fourth-order valence-electron chi connectivity index (χ4n) is 2.65. The summed E-state index contributed by atoms with van der Waals surface area (Å²) in [5.74, 6) is 0.543. The summed E-state index contributed by atoms with van der Waals surface area (Å²) in [7, 11) is 0. The zero-order valence-corrected chi connectivity index (χ0v) is 16.6. The maximum Gasteiger partial charge on any atom is 0.358 e. The first-order chi connectivity index (χ1) is 13.5. The van der Waals surface area contributed by atoms with E-state index in [0.717, 1.165) is 16.4 Å². The number of aromatic nitrogens is 4. The van der Waals surface area contributed by atoms with Gasteiger partial charge in [-0.25, -0.2) is 19.4 Å². The van der Waals surface area contributed by atoms with E-state index in [0.29, 0.717) is 17.3 Å². The maximum absolute atomic E-state index is 12.5. The van der Waals surface area contributed by atoms with Gasteiger partial charge in [-0.05, 0) is 44.2 Å². The Bertz CT molecular complexity index is 1130. The Morgan fingerprint density at radius 2 is 2.14 bits per heavy atom. The lowest BCUT2D eigenvalue weighted by Gasteiger charge is -2.08. The van der Waals surface area contributed by atoms with E-state index in [1.165, 1.54) is 11.3 Å². The van der Waals surface area contributed by atoms with E-state index in [1.54, 1.807) is 29.1 Å². The fourth-order valence-corrected chi connectivity index (χ4v) is 3.60. The van der Waals surface area contributed by atoms with Crippen LogP contribution in [0.25, 0.3) is 16.6 Å². The average Bonchev–Trinajstić information content (AvgIpc) is 3.41. The number of ether oxygens (including phenoxy) is 1. The molecule has 0 bridgehead atoms. The van der Waals surface area contributed by atoms with Crippen LogP contribution in [0.15, 0.2) is 46.4 Å². The van der Waals surface area contributed by atoms with Crippen LogP contribution in [0.4, 0.5) is 0 Å². The highest BCUT2D eigenvalue weighted by atomic mass is 35.5. The molecular formula is C19H15ClN4O3S. The highest BCUT2D eigenvalue weighted by molar-refractivity contribution is 7.13. The van der Waals surface area contributed by atoms with Gasteiger partial charge in [0.2, 0.25) is 0 Å². The van der Waals surface area contributed by atoms with Gasteiger partial charge in [0.25, 0.3) is 0 Å². The van der Waals surface area contributed by atoms with Crippen molar-refractivity contribution < 1.29 is 13.9 Å². The number of aryl methyl sites for hydroxylation is 2. The lowest BCUT2D eigenvalue weighted by atomic mass is 10.3. The van der Waals surface area contributed by atoms with Crippen molar-refractivity contribution in [2.24, 2.45) is 0 Å². The molecule has 4 heterocycles. The summed E-state index contributed by atoms with van der Waals surface area (Å²) in [6.45, 7) is 3.81. The standard InChI is InChI=1S/C19H15ClN4O3S/c1-11-8-12(2)24(23-11)16-6-5-14(20)17(22-16)19(25)27-9-13-10-28-18(21-13)15-4-3-7-26-15/h3-8,10H,9H2,1-2H3. The Labute approximate surface area is 169 Å². The van der Waals surface area contributed by atoms with E-state index in [1.807, 2.05) is 31.4 Å². The number of hydrogen-bond donors (Lipinski definition) is 0. The van der Waals surface area contributed by atoms with E-state index >= 15 is 0 Å². The second-order valence-electron chi connectivity index (χ2n) is 6.04. The van der Waals surface area contributed by atoms with E-state index in [4.69, 9.17) is 20.8 Å². The maximum atomic E-state index is 12.5. The van der Waals surface area contributed by atoms with Gasteiger partial charge >= 0.3 is 5.97 Å². The monoisotopic (exact) mass is 414 g/mol. The summed E-state index contributed by atoms with van der Waals surface area (Å²) in [4.78, 5) is 21.2. The van der Waals surface area contributed by atoms with Crippen molar-refractivity contribution in [1.82, 2.24) is 19.7 Å². The molecule has 4 rings (SSSR count). The Balaban J connectivity index is 1.50. The van der Waals surface area contributed by atoms with Crippen LogP contribution in [0.5, 0.6) is 0 Å². The molecule has 0 radical (unpaired) electrons. The number of hydrogen-bond acceptors (Lipinski definition) is 7. The number of carbonyl (C=O) groups is 1. The van der Waals surface area contributed by atoms with Crippen LogP contribution in [0.1, 0.15) is 27.6 Å². The van der Waals surface area contributed by atoms with Gasteiger partial charge in [0.05, 0.1) is 22.7 Å². The highest BCUT2D eigenvalue weighted by Crippen LogP contribution is 2.25. The number of halogens is 1. The molecule has 0 N–H and O–H groups in total. The van der Waals surface area contributed by atoms with Crippen molar-refractivity contribution in [3.8, 4) is 16.6 Å². The molecule has 7 nitrogen and oxygen atoms in total. The molecular weight excluding hydrogens is 400 g/mol. The number of thiazole rings is 1. The number of carbonyl (C=O) groups excluding carboxylic acids is 1. The second-order valence-corrected chi connectivity index (χ2v) is 7.30. The number of pyridine rings is 1. The molecule has 0 aromatic carbocycles. The third kappa shape index (κ3) is 3.69. The molecule has 0 unspecified atom stereocenters. The second kappa shape index (κ2) is 7.57. The van der Waals surface area contributed by atoms with E-state index in [9.17, 15) is 4.79 Å². The first-order valence-corrected chi connectivity index (χ1v) is 9.62. The molecule has 0 aliphatic heterocycles. The molecule has 0 aliphatic rings. The Morgan fingerprint density at radius 1 is 1.29 bits per heavy atom. The molecule has 0 saturated carbocycles. The van der Waals surface area contributed by atoms with Gasteiger partial charge in [0, 0.05) is 11.1 Å². The number of rotatable bonds is 5. The lowest BCUT2D eigenvalue weighted by molar-refractivity contribution is 0.0461. The van der Waals surface area contributed by atoms with Crippen molar-refractivity contribution in [2.45, 2.75) is 20.5 Å². The van der Waals surface area contributed by atoms with Crippen molar-refractivity contribution >= 4 is 28.9 Å². The smallest absolute Gasteiger partial charge is 0.358 e. The quantitative estimate of drug-likeness (QED) is 0.443. The third-order valence-corrected chi connectivity index (χ3v) is 5.10. The zero-order valence-electron chi connectivity index (χ0n) is 15.0. The molecule has 142 valence electrons. The molecule has 0 amide bonds. The van der Waals surface area contributed by atoms with Crippen molar-refractivity contribution in [1.29, 1.82) is 0 Å². The van der Waals surface area contributed by atoms with Gasteiger partial charge in [-0.3, -0.25) is 0 Å². The van der Waals surface area contributed by atoms with Gasteiger partial charge in [0.15, 0.2) is 22.3 Å². The largest absolute Gasteiger partial charge is 0.462 e. The normalized spacial score (nSPS) is 11.0. The van der Waals surface area contributed by atoms with Crippen molar-refractivity contribution in [2.75, 3.05) is 0 Å². The van der Waals surface area contributed by atoms with E-state index in [2.05, 4.69) is 15.1 Å². The van der Waals surface area contributed by atoms with Crippen LogP contribution in [-0.2, 0) is 11.3 Å². The van der Waals surface area contributed by atoms with Crippen LogP contribution in [0.2, 0.25) is 5.02 Å². The minimum absolute atomic E-state index is 0.0121. The Hall–Kier alpha value is -2.97. The first kappa shape index (κ1) is 18.4. The predicted molar refractivity (Wildman–Crippen MR) is 105 cm³/mol. The topological polar surface area (TPSA) is 83.0 Å². The van der Waals surface area contributed by atoms with E-state index < -0.39 is 5.97 Å². The summed E-state index contributed by atoms with van der Waals surface area (Å²) in [6.07, 6.45) is 1.58. The van der Waals surface area contributed by atoms with Crippen LogP contribution >= 0.6 is 22.9 Å². The molecule has 0 fully saturated rings. The summed E-state index contributed by atoms with van der Waals surface area (Å²) in [5, 5.41) is 7.12. The number of nitrogens with zero attached hydrogens (tertiary/aromatic N) is 4. The lowest BCUT2D eigenvalue weighted by Crippen LogP contribution is -2.11. The summed E-state index contributed by atoms with van der Waals surface area (Å²) in [5.41, 5.74) is 2.41. The van der Waals surface area contributed by atoms with Crippen molar-refractivity contribution in [3.05, 3.63) is 69.8 Å². The minimum Gasteiger partial charge on any atom is -0.462 e. The first-order valence-electron chi connectivity index (χ1n) is 8.37. The zero-order chi connectivity index (χ0) is 19.7. The Kier molecular flexibility index (Phi) is 4.97. The van der Waals surface area contributed by atoms with E-state index in [-0.39, 0.29) is 17.3 Å². The summed E-state index contributed by atoms with van der Waals surface area (Å²) >= 11 is 7.57. The van der Waals surface area contributed by atoms with Gasteiger partial charge in [-0.1, -0.05) is 11.6 Å². The molecule has 0 spiro atoms. The van der Waals surface area contributed by atoms with Gasteiger partial charge in [-0.15, -0.1) is 11.3 Å². The summed E-state index contributed by atoms with van der Waals surface area (Å²) in [6, 6.07) is 8.85. The third-order valence-electron chi connectivity index (χ3n) is 3.89. The van der Waals surface area contributed by atoms with Gasteiger partial charge in [-0.2, -0.15) is 5.10 Å². The molecule has 9 heteroatoms. The van der Waals surface area contributed by atoms with Gasteiger partial charge in [0.1, 0.15) is 6.61 Å². The number of esters is 1. The molecule has 0 saturated heterocycles. The molecule has 28 heavy (non-hydrogen) atoms. The SMILES string of the molecule is Cc1cc(C)n(-c2ccc(Cl)c(C(=O)OCc3csc(-c4ccco4)n3)n2)n1. The predicted octanol–water partition coefficient (Wildman–Crippen LogP) is 4.61. The fraction of sp³-hybridized carbons (Fsp3) is 0.158. The molecule has 4 aromatic heterocycles.